The van der Waals surface area contributed by atoms with Crippen LogP contribution in [0.15, 0.2) is 0 Å². The van der Waals surface area contributed by atoms with Crippen molar-refractivity contribution in [3.05, 3.63) is 0 Å². The summed E-state index contributed by atoms with van der Waals surface area (Å²) in [4.78, 5) is 2.32. The first-order chi connectivity index (χ1) is 3.30. The van der Waals surface area contributed by atoms with Gasteiger partial charge in [-0.3, -0.25) is 0 Å². The van der Waals surface area contributed by atoms with E-state index in [-0.39, 0.29) is 0 Å². The molecule has 0 N–H and O–H groups in total. The first-order valence-electron chi connectivity index (χ1n) is 2.70. The van der Waals surface area contributed by atoms with Crippen molar-refractivity contribution in [2.24, 2.45) is 0 Å². The molecule has 42 valence electrons. The van der Waals surface area contributed by atoms with Crippen molar-refractivity contribution in [2.75, 3.05) is 20.3 Å². The minimum absolute atomic E-state index is 0.944. The van der Waals surface area contributed by atoms with Crippen molar-refractivity contribution in [1.82, 2.24) is 4.90 Å². The summed E-state index contributed by atoms with van der Waals surface area (Å²) in [5, 5.41) is 0. The van der Waals surface area contributed by atoms with Gasteiger partial charge in [-0.05, 0) is 26.7 Å². The smallest absolute Gasteiger partial charge is 0.0265 e. The molecule has 0 spiro atoms. The molecule has 0 aromatic heterocycles. The molecule has 0 aliphatic carbocycles. The first-order valence-corrected chi connectivity index (χ1v) is 3.99. The third-order valence-electron chi connectivity index (χ3n) is 1.42. The summed E-state index contributed by atoms with van der Waals surface area (Å²) in [6, 6.07) is 0. The van der Waals surface area contributed by atoms with E-state index in [1.54, 1.807) is 0 Å². The molecule has 1 aliphatic rings. The van der Waals surface area contributed by atoms with Crippen LogP contribution in [0.4, 0.5) is 0 Å². The Hall–Kier alpha value is 0.390. The molecule has 1 aliphatic heterocycles. The van der Waals surface area contributed by atoms with Crippen LogP contribution in [0.2, 0.25) is 0 Å². The predicted molar refractivity (Wildman–Crippen MR) is 35.3 cm³/mol. The molecule has 0 saturated carbocycles. The number of rotatable bonds is 1. The van der Waals surface area contributed by atoms with Gasteiger partial charge in [0.1, 0.15) is 0 Å². The molecule has 0 bridgehead atoms. The summed E-state index contributed by atoms with van der Waals surface area (Å²) in [7, 11) is 5.55. The van der Waals surface area contributed by atoms with E-state index in [0.29, 0.717) is 0 Å². The van der Waals surface area contributed by atoms with Crippen LogP contribution in [0.5, 0.6) is 0 Å². The zero-order chi connectivity index (χ0) is 5.28. The zero-order valence-corrected chi connectivity index (χ0v) is 5.94. The minimum atomic E-state index is 0.944. The van der Waals surface area contributed by atoms with E-state index in [4.69, 9.17) is 0 Å². The monoisotopic (exact) mass is 117 g/mol. The molecule has 1 fully saturated rings. The van der Waals surface area contributed by atoms with Crippen molar-refractivity contribution >= 4 is 8.58 Å². The highest BCUT2D eigenvalue weighted by Crippen LogP contribution is 2.35. The van der Waals surface area contributed by atoms with Crippen molar-refractivity contribution in [2.45, 2.75) is 12.2 Å². The Labute approximate surface area is 46.9 Å². The molecule has 7 heavy (non-hydrogen) atoms. The van der Waals surface area contributed by atoms with Gasteiger partial charge in [0.2, 0.25) is 0 Å². The summed E-state index contributed by atoms with van der Waals surface area (Å²) < 4.78 is 0. The third-order valence-corrected chi connectivity index (χ3v) is 3.27. The van der Waals surface area contributed by atoms with Gasteiger partial charge in [0.15, 0.2) is 0 Å². The van der Waals surface area contributed by atoms with Crippen molar-refractivity contribution in [3.8, 4) is 0 Å². The van der Waals surface area contributed by atoms with Crippen LogP contribution in [0.3, 0.4) is 0 Å². The lowest BCUT2D eigenvalue weighted by Crippen LogP contribution is -2.30. The molecule has 0 amide bonds. The molecule has 1 nitrogen and oxygen atoms in total. The van der Waals surface area contributed by atoms with Crippen LogP contribution in [0.1, 0.15) is 6.42 Å². The Morgan fingerprint density at radius 1 is 1.57 bits per heavy atom. The summed E-state index contributed by atoms with van der Waals surface area (Å²) in [5.74, 6) is 0.944. The molecular formula is C5H12NP. The standard InChI is InChI=1S/C5H12NP/c1-6(2)5-3-4-7-5/h5,7H,3-4H2,1-2H3. The van der Waals surface area contributed by atoms with Gasteiger partial charge in [-0.15, -0.1) is 8.58 Å². The van der Waals surface area contributed by atoms with Gasteiger partial charge in [0.25, 0.3) is 0 Å². The lowest BCUT2D eigenvalue weighted by Gasteiger charge is -2.31. The average molecular weight is 117 g/mol. The van der Waals surface area contributed by atoms with Gasteiger partial charge in [-0.1, -0.05) is 0 Å². The van der Waals surface area contributed by atoms with Crippen LogP contribution in [0, 0.1) is 0 Å². The fourth-order valence-corrected chi connectivity index (χ4v) is 1.63. The van der Waals surface area contributed by atoms with Crippen molar-refractivity contribution < 1.29 is 0 Å². The molecule has 1 saturated heterocycles. The second-order valence-electron chi connectivity index (χ2n) is 2.22. The summed E-state index contributed by atoms with van der Waals surface area (Å²) in [6.45, 7) is 0. The molecule has 0 radical (unpaired) electrons. The average Bonchev–Trinajstić information content (AvgIpc) is 1.23. The minimum Gasteiger partial charge on any atom is -0.303 e. The van der Waals surface area contributed by atoms with Crippen molar-refractivity contribution in [3.63, 3.8) is 0 Å². The Bertz CT molecular complexity index is 59.1. The van der Waals surface area contributed by atoms with Gasteiger partial charge in [-0.25, -0.2) is 0 Å². The Kier molecular flexibility index (Phi) is 1.66. The molecule has 1 heterocycles. The quantitative estimate of drug-likeness (QED) is 0.462. The number of hydrogen-bond acceptors (Lipinski definition) is 1. The molecular weight excluding hydrogens is 105 g/mol. The number of nitrogens with zero attached hydrogens (tertiary/aromatic N) is 1. The SMILES string of the molecule is CN(C)C1CCP1. The molecule has 1 rings (SSSR count). The van der Waals surface area contributed by atoms with Crippen LogP contribution in [-0.2, 0) is 0 Å². The Morgan fingerprint density at radius 2 is 2.14 bits per heavy atom. The highest BCUT2D eigenvalue weighted by Gasteiger charge is 2.17. The molecule has 2 atom stereocenters. The molecule has 0 aromatic rings. The Balaban J connectivity index is 2.14. The summed E-state index contributed by atoms with van der Waals surface area (Å²) >= 11 is 0. The maximum Gasteiger partial charge on any atom is 0.0265 e. The lowest BCUT2D eigenvalue weighted by molar-refractivity contribution is 0.357. The topological polar surface area (TPSA) is 3.24 Å². The summed E-state index contributed by atoms with van der Waals surface area (Å²) in [6.07, 6.45) is 2.91. The van der Waals surface area contributed by atoms with Crippen molar-refractivity contribution in [1.29, 1.82) is 0 Å². The fourth-order valence-electron chi connectivity index (χ4n) is 0.714. The van der Waals surface area contributed by atoms with E-state index in [1.165, 1.54) is 21.2 Å². The molecule has 2 heteroatoms. The van der Waals surface area contributed by atoms with E-state index in [9.17, 15) is 0 Å². The predicted octanol–water partition coefficient (Wildman–Crippen LogP) is 0.956. The lowest BCUT2D eigenvalue weighted by atomic mass is 10.4. The maximum absolute atomic E-state index is 2.32. The Morgan fingerprint density at radius 3 is 2.14 bits per heavy atom. The van der Waals surface area contributed by atoms with Gasteiger partial charge in [-0.2, -0.15) is 0 Å². The normalized spacial score (nSPS) is 33.9. The van der Waals surface area contributed by atoms with Crippen LogP contribution < -0.4 is 0 Å². The van der Waals surface area contributed by atoms with Gasteiger partial charge < -0.3 is 4.90 Å². The summed E-state index contributed by atoms with van der Waals surface area (Å²) in [5.41, 5.74) is 0. The molecule has 0 aromatic carbocycles. The van der Waals surface area contributed by atoms with Gasteiger partial charge in [0, 0.05) is 5.78 Å². The second kappa shape index (κ2) is 2.11. The van der Waals surface area contributed by atoms with E-state index in [2.05, 4.69) is 19.0 Å². The van der Waals surface area contributed by atoms with E-state index >= 15 is 0 Å². The van der Waals surface area contributed by atoms with E-state index < -0.39 is 0 Å². The zero-order valence-electron chi connectivity index (χ0n) is 4.94. The van der Waals surface area contributed by atoms with E-state index in [1.807, 2.05) is 0 Å². The fraction of sp³-hybridized carbons (Fsp3) is 1.00. The largest absolute Gasteiger partial charge is 0.303 e. The van der Waals surface area contributed by atoms with Gasteiger partial charge >= 0.3 is 0 Å². The molecule has 2 unspecified atom stereocenters. The van der Waals surface area contributed by atoms with Crippen LogP contribution in [0.25, 0.3) is 0 Å². The van der Waals surface area contributed by atoms with E-state index in [0.717, 1.165) is 5.78 Å². The maximum atomic E-state index is 2.32. The van der Waals surface area contributed by atoms with Crippen LogP contribution >= 0.6 is 8.58 Å². The number of hydrogen-bond donors (Lipinski definition) is 0. The highest BCUT2D eigenvalue weighted by molar-refractivity contribution is 7.40. The second-order valence-corrected chi connectivity index (χ2v) is 3.80. The first kappa shape index (κ1) is 5.53. The third kappa shape index (κ3) is 1.14. The highest BCUT2D eigenvalue weighted by atomic mass is 31.1. The van der Waals surface area contributed by atoms with Gasteiger partial charge in [0.05, 0.1) is 0 Å². The van der Waals surface area contributed by atoms with Crippen LogP contribution in [-0.4, -0.2) is 30.9 Å².